The van der Waals surface area contributed by atoms with E-state index in [1.165, 1.54) is 25.0 Å². The summed E-state index contributed by atoms with van der Waals surface area (Å²) in [5.74, 6) is -0.216. The second-order valence-corrected chi connectivity index (χ2v) is 6.44. The first kappa shape index (κ1) is 15.7. The first-order valence-electron chi connectivity index (χ1n) is 8.21. The summed E-state index contributed by atoms with van der Waals surface area (Å²) in [5.41, 5.74) is 2.22. The van der Waals surface area contributed by atoms with Crippen LogP contribution >= 0.6 is 0 Å². The minimum absolute atomic E-state index is 0.0611. The van der Waals surface area contributed by atoms with Gasteiger partial charge >= 0.3 is 0 Å². The fourth-order valence-electron chi connectivity index (χ4n) is 3.21. The van der Waals surface area contributed by atoms with Crippen LogP contribution in [0.15, 0.2) is 30.5 Å². The molecule has 1 heterocycles. The SMILES string of the molecule is CC(C)c1c(C(=O)NC2CCCC2)cnn1-c1ccc(F)cc1. The second kappa shape index (κ2) is 6.52. The Labute approximate surface area is 135 Å². The van der Waals surface area contributed by atoms with E-state index in [0.717, 1.165) is 24.2 Å². The minimum atomic E-state index is -0.286. The fraction of sp³-hybridized carbons (Fsp3) is 0.444. The average Bonchev–Trinajstić information content (AvgIpc) is 3.16. The summed E-state index contributed by atoms with van der Waals surface area (Å²) in [6.07, 6.45) is 6.07. The van der Waals surface area contributed by atoms with Gasteiger partial charge in [-0.3, -0.25) is 4.79 Å². The Morgan fingerprint density at radius 3 is 2.52 bits per heavy atom. The summed E-state index contributed by atoms with van der Waals surface area (Å²) in [6, 6.07) is 6.43. The molecular formula is C18H22FN3O. The molecule has 1 aromatic heterocycles. The zero-order valence-electron chi connectivity index (χ0n) is 13.6. The lowest BCUT2D eigenvalue weighted by Crippen LogP contribution is -2.33. The number of nitrogens with one attached hydrogen (secondary N) is 1. The van der Waals surface area contributed by atoms with E-state index in [9.17, 15) is 9.18 Å². The van der Waals surface area contributed by atoms with Crippen LogP contribution in [0.5, 0.6) is 0 Å². The van der Waals surface area contributed by atoms with Gasteiger partial charge in [-0.05, 0) is 43.0 Å². The summed E-state index contributed by atoms with van der Waals surface area (Å²) in [6.45, 7) is 4.06. The molecule has 0 spiro atoms. The second-order valence-electron chi connectivity index (χ2n) is 6.44. The largest absolute Gasteiger partial charge is 0.349 e. The maximum atomic E-state index is 13.1. The Morgan fingerprint density at radius 2 is 1.91 bits per heavy atom. The van der Waals surface area contributed by atoms with Crippen LogP contribution in [0.25, 0.3) is 5.69 Å². The smallest absolute Gasteiger partial charge is 0.255 e. The van der Waals surface area contributed by atoms with Gasteiger partial charge in [0.25, 0.3) is 5.91 Å². The Morgan fingerprint density at radius 1 is 1.26 bits per heavy atom. The highest BCUT2D eigenvalue weighted by Crippen LogP contribution is 2.24. The Kier molecular flexibility index (Phi) is 4.46. The van der Waals surface area contributed by atoms with Crippen LogP contribution in [0.4, 0.5) is 4.39 Å². The van der Waals surface area contributed by atoms with Crippen molar-refractivity contribution >= 4 is 5.91 Å². The molecule has 122 valence electrons. The summed E-state index contributed by atoms with van der Waals surface area (Å²) in [4.78, 5) is 12.6. The highest BCUT2D eigenvalue weighted by atomic mass is 19.1. The molecule has 0 bridgehead atoms. The molecule has 0 atom stereocenters. The monoisotopic (exact) mass is 315 g/mol. The van der Waals surface area contributed by atoms with Crippen molar-refractivity contribution in [3.05, 3.63) is 47.5 Å². The standard InChI is InChI=1S/C18H22FN3O/c1-12(2)17-16(18(23)21-14-5-3-4-6-14)11-20-22(17)15-9-7-13(19)8-10-15/h7-12,14H,3-6H2,1-2H3,(H,21,23). The van der Waals surface area contributed by atoms with Crippen LogP contribution in [-0.4, -0.2) is 21.7 Å². The van der Waals surface area contributed by atoms with Crippen molar-refractivity contribution in [2.75, 3.05) is 0 Å². The maximum absolute atomic E-state index is 13.1. The van der Waals surface area contributed by atoms with E-state index < -0.39 is 0 Å². The molecule has 0 aliphatic heterocycles. The predicted octanol–water partition coefficient (Wildman–Crippen LogP) is 3.81. The van der Waals surface area contributed by atoms with Crippen LogP contribution in [0.2, 0.25) is 0 Å². The van der Waals surface area contributed by atoms with Gasteiger partial charge in [-0.15, -0.1) is 0 Å². The van der Waals surface area contributed by atoms with Crippen molar-refractivity contribution < 1.29 is 9.18 Å². The van der Waals surface area contributed by atoms with E-state index in [1.807, 2.05) is 13.8 Å². The lowest BCUT2D eigenvalue weighted by Gasteiger charge is -2.15. The van der Waals surface area contributed by atoms with Crippen LogP contribution < -0.4 is 5.32 Å². The lowest BCUT2D eigenvalue weighted by molar-refractivity contribution is 0.0936. The summed E-state index contributed by atoms with van der Waals surface area (Å²) in [5, 5.41) is 7.48. The topological polar surface area (TPSA) is 46.9 Å². The van der Waals surface area contributed by atoms with Gasteiger partial charge in [0.15, 0.2) is 0 Å². The number of carbonyl (C=O) groups is 1. The number of halogens is 1. The van der Waals surface area contributed by atoms with Gasteiger partial charge < -0.3 is 5.32 Å². The van der Waals surface area contributed by atoms with E-state index in [4.69, 9.17) is 0 Å². The molecule has 1 amide bonds. The predicted molar refractivity (Wildman–Crippen MR) is 87.3 cm³/mol. The Hall–Kier alpha value is -2.17. The van der Waals surface area contributed by atoms with Crippen molar-refractivity contribution in [3.63, 3.8) is 0 Å². The molecule has 5 heteroatoms. The van der Waals surface area contributed by atoms with E-state index >= 15 is 0 Å². The summed E-state index contributed by atoms with van der Waals surface area (Å²) >= 11 is 0. The van der Waals surface area contributed by atoms with Crippen molar-refractivity contribution in [2.24, 2.45) is 0 Å². The normalized spacial score (nSPS) is 15.3. The number of hydrogen-bond donors (Lipinski definition) is 1. The molecule has 1 aromatic carbocycles. The van der Waals surface area contributed by atoms with Gasteiger partial charge in [-0.1, -0.05) is 26.7 Å². The zero-order valence-corrected chi connectivity index (χ0v) is 13.6. The highest BCUT2D eigenvalue weighted by molar-refractivity contribution is 5.95. The first-order chi connectivity index (χ1) is 11.1. The van der Waals surface area contributed by atoms with Crippen molar-refractivity contribution in [2.45, 2.75) is 51.5 Å². The van der Waals surface area contributed by atoms with Gasteiger partial charge in [0.2, 0.25) is 0 Å². The van der Waals surface area contributed by atoms with Gasteiger partial charge in [0.1, 0.15) is 5.82 Å². The molecule has 4 nitrogen and oxygen atoms in total. The van der Waals surface area contributed by atoms with Gasteiger partial charge in [0, 0.05) is 6.04 Å². The minimum Gasteiger partial charge on any atom is -0.349 e. The molecule has 1 saturated carbocycles. The van der Waals surface area contributed by atoms with Crippen molar-refractivity contribution in [1.29, 1.82) is 0 Å². The molecule has 0 unspecified atom stereocenters. The van der Waals surface area contributed by atoms with Crippen LogP contribution in [0.1, 0.15) is 61.5 Å². The quantitative estimate of drug-likeness (QED) is 0.932. The van der Waals surface area contributed by atoms with E-state index in [-0.39, 0.29) is 23.7 Å². The molecule has 2 aromatic rings. The molecule has 1 aliphatic carbocycles. The number of benzene rings is 1. The molecule has 0 saturated heterocycles. The molecule has 23 heavy (non-hydrogen) atoms. The molecule has 1 N–H and O–H groups in total. The maximum Gasteiger partial charge on any atom is 0.255 e. The third kappa shape index (κ3) is 3.28. The Bertz CT molecular complexity index is 685. The third-order valence-electron chi connectivity index (χ3n) is 4.36. The number of hydrogen-bond acceptors (Lipinski definition) is 2. The number of rotatable bonds is 4. The number of carbonyl (C=O) groups excluding carboxylic acids is 1. The van der Waals surface area contributed by atoms with Gasteiger partial charge in [-0.2, -0.15) is 5.10 Å². The summed E-state index contributed by atoms with van der Waals surface area (Å²) < 4.78 is 14.9. The van der Waals surface area contributed by atoms with E-state index in [1.54, 1.807) is 23.0 Å². The molecule has 0 radical (unpaired) electrons. The van der Waals surface area contributed by atoms with E-state index in [2.05, 4.69) is 10.4 Å². The molecule has 1 fully saturated rings. The fourth-order valence-corrected chi connectivity index (χ4v) is 3.21. The average molecular weight is 315 g/mol. The Balaban J connectivity index is 1.91. The number of amides is 1. The number of aromatic nitrogens is 2. The first-order valence-corrected chi connectivity index (χ1v) is 8.21. The van der Waals surface area contributed by atoms with Crippen LogP contribution in [-0.2, 0) is 0 Å². The van der Waals surface area contributed by atoms with Gasteiger partial charge in [0.05, 0.1) is 23.1 Å². The molecule has 1 aliphatic rings. The van der Waals surface area contributed by atoms with E-state index in [0.29, 0.717) is 5.56 Å². The lowest BCUT2D eigenvalue weighted by atomic mass is 10.0. The highest BCUT2D eigenvalue weighted by Gasteiger charge is 2.24. The van der Waals surface area contributed by atoms with Gasteiger partial charge in [-0.25, -0.2) is 9.07 Å². The van der Waals surface area contributed by atoms with Crippen molar-refractivity contribution in [3.8, 4) is 5.69 Å². The third-order valence-corrected chi connectivity index (χ3v) is 4.36. The summed E-state index contributed by atoms with van der Waals surface area (Å²) in [7, 11) is 0. The van der Waals surface area contributed by atoms with Crippen LogP contribution in [0, 0.1) is 5.82 Å². The van der Waals surface area contributed by atoms with Crippen LogP contribution in [0.3, 0.4) is 0 Å². The molecular weight excluding hydrogens is 293 g/mol. The number of nitrogens with zero attached hydrogens (tertiary/aromatic N) is 2. The van der Waals surface area contributed by atoms with Crippen molar-refractivity contribution in [1.82, 2.24) is 15.1 Å². The molecule has 3 rings (SSSR count). The zero-order chi connectivity index (χ0) is 16.4.